The largest absolute Gasteiger partial charge is 0.465 e. The smallest absolute Gasteiger partial charge is 0.339 e. The van der Waals surface area contributed by atoms with E-state index in [1.54, 1.807) is 6.26 Å². The van der Waals surface area contributed by atoms with Gasteiger partial charge in [0, 0.05) is 5.39 Å². The van der Waals surface area contributed by atoms with Crippen LogP contribution in [0.5, 0.6) is 0 Å². The Bertz CT molecular complexity index is 1080. The number of aromatic nitrogens is 1. The molecule has 1 atom stereocenters. The summed E-state index contributed by atoms with van der Waals surface area (Å²) in [5.74, 6) is 0.436. The van der Waals surface area contributed by atoms with Crippen molar-refractivity contribution in [2.45, 2.75) is 26.7 Å². The van der Waals surface area contributed by atoms with Crippen molar-refractivity contribution in [3.05, 3.63) is 65.2 Å². The minimum absolute atomic E-state index is 0.188. The third-order valence-corrected chi connectivity index (χ3v) is 4.89. The van der Waals surface area contributed by atoms with Crippen LogP contribution < -0.4 is 0 Å². The monoisotopic (exact) mass is 375 g/mol. The van der Waals surface area contributed by atoms with E-state index in [1.807, 2.05) is 42.5 Å². The number of furan rings is 1. The molecular weight excluding hydrogens is 354 g/mol. The molecule has 0 spiro atoms. The van der Waals surface area contributed by atoms with Gasteiger partial charge in [0.15, 0.2) is 5.78 Å². The third-order valence-electron chi connectivity index (χ3n) is 4.89. The van der Waals surface area contributed by atoms with Crippen LogP contribution in [0.4, 0.5) is 0 Å². The van der Waals surface area contributed by atoms with Gasteiger partial charge in [-0.05, 0) is 61.1 Å². The van der Waals surface area contributed by atoms with Gasteiger partial charge in [0.2, 0.25) is 0 Å². The van der Waals surface area contributed by atoms with Crippen LogP contribution in [0.1, 0.15) is 47.6 Å². The molecule has 5 heteroatoms. The molecule has 1 aliphatic rings. The second-order valence-corrected chi connectivity index (χ2v) is 7.31. The summed E-state index contributed by atoms with van der Waals surface area (Å²) in [5.41, 5.74) is 3.97. The summed E-state index contributed by atoms with van der Waals surface area (Å²) >= 11 is 0. The molecule has 0 amide bonds. The van der Waals surface area contributed by atoms with Crippen LogP contribution in [0.15, 0.2) is 47.1 Å². The Morgan fingerprint density at radius 2 is 2.04 bits per heavy atom. The average molecular weight is 375 g/mol. The lowest BCUT2D eigenvalue weighted by molar-refractivity contribution is -0.120. The van der Waals surface area contributed by atoms with Crippen LogP contribution in [0, 0.1) is 5.92 Å². The van der Waals surface area contributed by atoms with E-state index >= 15 is 0 Å². The van der Waals surface area contributed by atoms with E-state index in [2.05, 4.69) is 6.92 Å². The normalized spacial score (nSPS) is 17.5. The minimum atomic E-state index is -0.475. The summed E-state index contributed by atoms with van der Waals surface area (Å²) < 4.78 is 10.8. The van der Waals surface area contributed by atoms with Crippen molar-refractivity contribution in [2.75, 3.05) is 6.61 Å². The van der Waals surface area contributed by atoms with Gasteiger partial charge < -0.3 is 9.15 Å². The van der Waals surface area contributed by atoms with Crippen molar-refractivity contribution >= 4 is 34.3 Å². The number of rotatable bonds is 4. The summed E-state index contributed by atoms with van der Waals surface area (Å²) in [6.07, 6.45) is 5.20. The summed E-state index contributed by atoms with van der Waals surface area (Å²) in [6.45, 7) is 3.33. The van der Waals surface area contributed by atoms with Gasteiger partial charge in [-0.3, -0.25) is 4.79 Å². The second kappa shape index (κ2) is 7.43. The maximum atomic E-state index is 12.9. The molecule has 0 N–H and O–H groups in total. The van der Waals surface area contributed by atoms with E-state index in [9.17, 15) is 9.59 Å². The van der Waals surface area contributed by atoms with Crippen molar-refractivity contribution in [3.8, 4) is 0 Å². The number of ether oxygens (including phenoxy) is 1. The van der Waals surface area contributed by atoms with Gasteiger partial charge in [-0.1, -0.05) is 25.1 Å². The van der Waals surface area contributed by atoms with Crippen LogP contribution in [0.3, 0.4) is 0 Å². The molecule has 0 saturated heterocycles. The summed E-state index contributed by atoms with van der Waals surface area (Å²) in [4.78, 5) is 29.1. The molecule has 5 nitrogen and oxygen atoms in total. The number of hydrogen-bond acceptors (Lipinski definition) is 5. The second-order valence-electron chi connectivity index (χ2n) is 7.31. The number of esters is 1. The lowest BCUT2D eigenvalue weighted by Crippen LogP contribution is -2.20. The van der Waals surface area contributed by atoms with Crippen LogP contribution in [0.2, 0.25) is 0 Å². The lowest BCUT2D eigenvalue weighted by Gasteiger charge is -2.26. The number of hydrogen-bond donors (Lipinski definition) is 0. The Kier molecular flexibility index (Phi) is 4.82. The first-order chi connectivity index (χ1) is 13.5. The molecule has 0 bridgehead atoms. The Balaban J connectivity index is 1.92. The standard InChI is InChI=1S/C23H21NO4/c1-14-10-16(12-17-6-5-9-27-17)22-19(11-14)21(23(26)28-13-15(2)25)18-7-3-4-8-20(18)24-22/h3-9,12,14H,10-11,13H2,1-2H3/b16-12-/t14-/m1/s1. The quantitative estimate of drug-likeness (QED) is 0.619. The van der Waals surface area contributed by atoms with Gasteiger partial charge >= 0.3 is 5.97 Å². The average Bonchev–Trinajstić information content (AvgIpc) is 3.17. The van der Waals surface area contributed by atoms with E-state index in [1.165, 1.54) is 6.92 Å². The predicted molar refractivity (Wildman–Crippen MR) is 107 cm³/mol. The van der Waals surface area contributed by atoms with E-state index in [-0.39, 0.29) is 12.4 Å². The molecule has 142 valence electrons. The Labute approximate surface area is 163 Å². The molecule has 0 unspecified atom stereocenters. The lowest BCUT2D eigenvalue weighted by atomic mass is 9.81. The zero-order valence-electron chi connectivity index (χ0n) is 15.9. The SMILES string of the molecule is CC(=O)COC(=O)c1c2c(nc3ccccc13)/C(=C\c1ccco1)C[C@@H](C)C2. The number of benzene rings is 1. The number of ketones is 1. The molecule has 0 aliphatic heterocycles. The number of carbonyl (C=O) groups is 2. The maximum Gasteiger partial charge on any atom is 0.339 e. The summed E-state index contributed by atoms with van der Waals surface area (Å²) in [6, 6.07) is 11.3. The van der Waals surface area contributed by atoms with Crippen molar-refractivity contribution in [2.24, 2.45) is 5.92 Å². The topological polar surface area (TPSA) is 69.4 Å². The first-order valence-corrected chi connectivity index (χ1v) is 9.35. The fourth-order valence-electron chi connectivity index (χ4n) is 3.75. The van der Waals surface area contributed by atoms with Crippen LogP contribution in [0.25, 0.3) is 22.6 Å². The molecule has 4 rings (SSSR count). The summed E-state index contributed by atoms with van der Waals surface area (Å²) in [5, 5.41) is 0.751. The number of para-hydroxylation sites is 1. The van der Waals surface area contributed by atoms with Crippen LogP contribution in [-0.4, -0.2) is 23.3 Å². The molecular formula is C23H21NO4. The van der Waals surface area contributed by atoms with Crippen molar-refractivity contribution in [1.82, 2.24) is 4.98 Å². The van der Waals surface area contributed by atoms with Crippen molar-refractivity contribution < 1.29 is 18.7 Å². The van der Waals surface area contributed by atoms with E-state index in [0.717, 1.165) is 46.3 Å². The van der Waals surface area contributed by atoms with Gasteiger partial charge in [0.1, 0.15) is 12.4 Å². The van der Waals surface area contributed by atoms with Gasteiger partial charge in [-0.2, -0.15) is 0 Å². The Hall–Kier alpha value is -3.21. The zero-order valence-corrected chi connectivity index (χ0v) is 15.9. The zero-order chi connectivity index (χ0) is 19.7. The highest BCUT2D eigenvalue weighted by Crippen LogP contribution is 2.38. The molecule has 1 aromatic carbocycles. The van der Waals surface area contributed by atoms with E-state index < -0.39 is 5.97 Å². The van der Waals surface area contributed by atoms with Gasteiger partial charge in [-0.15, -0.1) is 0 Å². The maximum absolute atomic E-state index is 12.9. The Morgan fingerprint density at radius 3 is 2.79 bits per heavy atom. The summed E-state index contributed by atoms with van der Waals surface area (Å²) in [7, 11) is 0. The van der Waals surface area contributed by atoms with Crippen molar-refractivity contribution in [3.63, 3.8) is 0 Å². The third kappa shape index (κ3) is 3.48. The molecule has 28 heavy (non-hydrogen) atoms. The highest BCUT2D eigenvalue weighted by molar-refractivity contribution is 6.07. The number of carbonyl (C=O) groups excluding carboxylic acids is 2. The molecule has 0 radical (unpaired) electrons. The van der Waals surface area contributed by atoms with Gasteiger partial charge in [0.25, 0.3) is 0 Å². The van der Waals surface area contributed by atoms with Crippen molar-refractivity contribution in [1.29, 1.82) is 0 Å². The molecule has 1 aliphatic carbocycles. The minimum Gasteiger partial charge on any atom is -0.465 e. The molecule has 3 aromatic rings. The first-order valence-electron chi connectivity index (χ1n) is 9.35. The first kappa shape index (κ1) is 18.2. The van der Waals surface area contributed by atoms with Gasteiger partial charge in [0.05, 0.1) is 23.0 Å². The number of pyridine rings is 1. The molecule has 2 heterocycles. The molecule has 0 saturated carbocycles. The molecule has 2 aromatic heterocycles. The highest BCUT2D eigenvalue weighted by atomic mass is 16.5. The number of nitrogens with zero attached hydrogens (tertiary/aromatic N) is 1. The Morgan fingerprint density at radius 1 is 1.21 bits per heavy atom. The fraction of sp³-hybridized carbons (Fsp3) is 0.261. The van der Waals surface area contributed by atoms with Gasteiger partial charge in [-0.25, -0.2) is 9.78 Å². The molecule has 0 fully saturated rings. The number of allylic oxidation sites excluding steroid dienone is 1. The van der Waals surface area contributed by atoms with Crippen LogP contribution in [-0.2, 0) is 16.0 Å². The highest BCUT2D eigenvalue weighted by Gasteiger charge is 2.29. The van der Waals surface area contributed by atoms with E-state index in [4.69, 9.17) is 14.1 Å². The van der Waals surface area contributed by atoms with Crippen LogP contribution >= 0.6 is 0 Å². The predicted octanol–water partition coefficient (Wildman–Crippen LogP) is 4.70. The van der Waals surface area contributed by atoms with E-state index in [0.29, 0.717) is 11.5 Å². The number of Topliss-reactive ketones (excluding diaryl/α,β-unsaturated/α-hetero) is 1. The number of fused-ring (bicyclic) bond motifs is 2. The fourth-order valence-corrected chi connectivity index (χ4v) is 3.75.